The third-order valence-corrected chi connectivity index (χ3v) is 5.56. The van der Waals surface area contributed by atoms with Gasteiger partial charge < -0.3 is 5.32 Å². The highest BCUT2D eigenvalue weighted by Crippen LogP contribution is 2.36. The van der Waals surface area contributed by atoms with Crippen LogP contribution in [0.25, 0.3) is 0 Å². The number of fused-ring (bicyclic) bond motifs is 1. The minimum atomic E-state index is 0.198. The molecule has 3 aliphatic rings. The highest BCUT2D eigenvalue weighted by atomic mass is 16.1. The molecule has 1 aromatic heterocycles. The SMILES string of the molecule is O=c1c(CN2CCNCC23CCCC3)cnc2n1CCC2. The Kier molecular flexibility index (Phi) is 3.34. The quantitative estimate of drug-likeness (QED) is 0.879. The van der Waals surface area contributed by atoms with Gasteiger partial charge in [0.2, 0.25) is 0 Å². The van der Waals surface area contributed by atoms with E-state index >= 15 is 0 Å². The third-order valence-electron chi connectivity index (χ3n) is 5.56. The van der Waals surface area contributed by atoms with Crippen molar-refractivity contribution >= 4 is 0 Å². The van der Waals surface area contributed by atoms with E-state index in [0.717, 1.165) is 57.0 Å². The molecular weight excluding hydrogens is 264 g/mol. The van der Waals surface area contributed by atoms with Crippen molar-refractivity contribution < 1.29 is 0 Å². The van der Waals surface area contributed by atoms with Crippen LogP contribution in [0.5, 0.6) is 0 Å². The second-order valence-electron chi connectivity index (χ2n) is 6.79. The van der Waals surface area contributed by atoms with Crippen LogP contribution < -0.4 is 10.9 Å². The van der Waals surface area contributed by atoms with Crippen LogP contribution in [0.3, 0.4) is 0 Å². The maximum Gasteiger partial charge on any atom is 0.257 e. The van der Waals surface area contributed by atoms with E-state index < -0.39 is 0 Å². The number of rotatable bonds is 2. The lowest BCUT2D eigenvalue weighted by molar-refractivity contribution is 0.0566. The van der Waals surface area contributed by atoms with Gasteiger partial charge in [0.25, 0.3) is 5.56 Å². The first-order valence-corrected chi connectivity index (χ1v) is 8.32. The minimum absolute atomic E-state index is 0.198. The smallest absolute Gasteiger partial charge is 0.257 e. The molecule has 1 saturated heterocycles. The predicted octanol–water partition coefficient (Wildman–Crippen LogP) is 0.907. The Bertz CT molecular complexity index is 588. The number of nitrogens with zero attached hydrogens (tertiary/aromatic N) is 3. The zero-order valence-electron chi connectivity index (χ0n) is 12.6. The Morgan fingerprint density at radius 2 is 2.10 bits per heavy atom. The summed E-state index contributed by atoms with van der Waals surface area (Å²) in [6, 6.07) is 0. The molecular formula is C16H24N4O. The van der Waals surface area contributed by atoms with Crippen molar-refractivity contribution in [2.24, 2.45) is 0 Å². The van der Waals surface area contributed by atoms with Crippen LogP contribution >= 0.6 is 0 Å². The third kappa shape index (κ3) is 2.23. The molecule has 114 valence electrons. The summed E-state index contributed by atoms with van der Waals surface area (Å²) in [5, 5.41) is 3.55. The van der Waals surface area contributed by atoms with E-state index in [4.69, 9.17) is 0 Å². The molecule has 1 aliphatic carbocycles. The number of hydrogen-bond acceptors (Lipinski definition) is 4. The van der Waals surface area contributed by atoms with Gasteiger partial charge in [0, 0.05) is 56.4 Å². The van der Waals surface area contributed by atoms with Crippen molar-refractivity contribution in [1.82, 2.24) is 19.8 Å². The largest absolute Gasteiger partial charge is 0.314 e. The first-order valence-electron chi connectivity index (χ1n) is 8.32. The lowest BCUT2D eigenvalue weighted by Crippen LogP contribution is -2.59. The summed E-state index contributed by atoms with van der Waals surface area (Å²) in [7, 11) is 0. The number of aromatic nitrogens is 2. The fourth-order valence-electron chi connectivity index (χ4n) is 4.36. The molecule has 0 amide bonds. The summed E-state index contributed by atoms with van der Waals surface area (Å²) in [5.41, 5.74) is 1.37. The van der Waals surface area contributed by atoms with Crippen molar-refractivity contribution in [3.63, 3.8) is 0 Å². The van der Waals surface area contributed by atoms with Gasteiger partial charge in [-0.1, -0.05) is 12.8 Å². The number of piperazine rings is 1. The van der Waals surface area contributed by atoms with Crippen molar-refractivity contribution in [2.75, 3.05) is 19.6 Å². The Morgan fingerprint density at radius 3 is 2.95 bits per heavy atom. The Labute approximate surface area is 125 Å². The van der Waals surface area contributed by atoms with E-state index in [9.17, 15) is 4.79 Å². The summed E-state index contributed by atoms with van der Waals surface area (Å²) in [6.45, 7) is 4.77. The molecule has 3 heterocycles. The van der Waals surface area contributed by atoms with Crippen LogP contribution in [-0.2, 0) is 19.5 Å². The standard InChI is InChI=1S/C16H24N4O/c21-15-13(10-18-14-4-3-8-20(14)15)11-19-9-7-17-12-16(19)5-1-2-6-16/h10,17H,1-9,11-12H2. The van der Waals surface area contributed by atoms with Crippen LogP contribution in [0.15, 0.2) is 11.0 Å². The monoisotopic (exact) mass is 288 g/mol. The number of hydrogen-bond donors (Lipinski definition) is 1. The molecule has 5 nitrogen and oxygen atoms in total. The molecule has 0 radical (unpaired) electrons. The molecule has 0 aromatic carbocycles. The Balaban J connectivity index is 1.62. The molecule has 0 atom stereocenters. The van der Waals surface area contributed by atoms with Gasteiger partial charge in [0.15, 0.2) is 0 Å². The Morgan fingerprint density at radius 1 is 1.24 bits per heavy atom. The lowest BCUT2D eigenvalue weighted by atomic mass is 9.92. The highest BCUT2D eigenvalue weighted by Gasteiger charge is 2.41. The number of aryl methyl sites for hydroxylation is 1. The molecule has 21 heavy (non-hydrogen) atoms. The van der Waals surface area contributed by atoms with Crippen LogP contribution in [0.1, 0.15) is 43.5 Å². The average Bonchev–Trinajstić information content (AvgIpc) is 3.14. The molecule has 1 aromatic rings. The van der Waals surface area contributed by atoms with E-state index in [2.05, 4.69) is 15.2 Å². The molecule has 2 aliphatic heterocycles. The topological polar surface area (TPSA) is 50.2 Å². The van der Waals surface area contributed by atoms with Crippen LogP contribution in [0, 0.1) is 0 Å². The Hall–Kier alpha value is -1.20. The van der Waals surface area contributed by atoms with Gasteiger partial charge in [-0.3, -0.25) is 14.3 Å². The molecule has 5 heteroatoms. The number of nitrogens with one attached hydrogen (secondary N) is 1. The van der Waals surface area contributed by atoms with Gasteiger partial charge in [-0.25, -0.2) is 4.98 Å². The summed E-state index contributed by atoms with van der Waals surface area (Å²) in [6.07, 6.45) is 9.01. The second kappa shape index (κ2) is 5.21. The zero-order valence-corrected chi connectivity index (χ0v) is 12.6. The van der Waals surface area contributed by atoms with E-state index in [-0.39, 0.29) is 11.1 Å². The molecule has 4 rings (SSSR count). The van der Waals surface area contributed by atoms with Crippen LogP contribution in [0.2, 0.25) is 0 Å². The maximum absolute atomic E-state index is 12.6. The van der Waals surface area contributed by atoms with Gasteiger partial charge in [-0.05, 0) is 19.3 Å². The summed E-state index contributed by atoms with van der Waals surface area (Å²) >= 11 is 0. The van der Waals surface area contributed by atoms with Crippen LogP contribution in [0.4, 0.5) is 0 Å². The first-order chi connectivity index (χ1) is 10.3. The van der Waals surface area contributed by atoms with Crippen LogP contribution in [-0.4, -0.2) is 39.6 Å². The van der Waals surface area contributed by atoms with Crippen molar-refractivity contribution in [1.29, 1.82) is 0 Å². The van der Waals surface area contributed by atoms with Gasteiger partial charge in [0.1, 0.15) is 5.82 Å². The van der Waals surface area contributed by atoms with Crippen molar-refractivity contribution in [2.45, 2.75) is 57.2 Å². The molecule has 2 fully saturated rings. The fraction of sp³-hybridized carbons (Fsp3) is 0.750. The maximum atomic E-state index is 12.6. The van der Waals surface area contributed by atoms with Gasteiger partial charge >= 0.3 is 0 Å². The first kappa shape index (κ1) is 13.5. The molecule has 0 unspecified atom stereocenters. The van der Waals surface area contributed by atoms with E-state index in [0.29, 0.717) is 0 Å². The molecule has 1 saturated carbocycles. The lowest BCUT2D eigenvalue weighted by Gasteiger charge is -2.45. The van der Waals surface area contributed by atoms with Gasteiger partial charge in [0.05, 0.1) is 0 Å². The molecule has 1 N–H and O–H groups in total. The summed E-state index contributed by atoms with van der Waals surface area (Å²) in [5.74, 6) is 0.972. The summed E-state index contributed by atoms with van der Waals surface area (Å²) in [4.78, 5) is 19.7. The van der Waals surface area contributed by atoms with Gasteiger partial charge in [-0.15, -0.1) is 0 Å². The minimum Gasteiger partial charge on any atom is -0.314 e. The summed E-state index contributed by atoms with van der Waals surface area (Å²) < 4.78 is 1.89. The van der Waals surface area contributed by atoms with Gasteiger partial charge in [-0.2, -0.15) is 0 Å². The predicted molar refractivity (Wildman–Crippen MR) is 81.3 cm³/mol. The fourth-order valence-corrected chi connectivity index (χ4v) is 4.36. The molecule has 1 spiro atoms. The zero-order chi connectivity index (χ0) is 14.3. The average molecular weight is 288 g/mol. The van der Waals surface area contributed by atoms with E-state index in [1.807, 2.05) is 10.8 Å². The van der Waals surface area contributed by atoms with E-state index in [1.165, 1.54) is 25.7 Å². The van der Waals surface area contributed by atoms with Crippen molar-refractivity contribution in [3.8, 4) is 0 Å². The van der Waals surface area contributed by atoms with Crippen molar-refractivity contribution in [3.05, 3.63) is 27.9 Å². The van der Waals surface area contributed by atoms with E-state index in [1.54, 1.807) is 0 Å². The normalized spacial score (nSPS) is 24.6. The highest BCUT2D eigenvalue weighted by molar-refractivity contribution is 5.12. The second-order valence-corrected chi connectivity index (χ2v) is 6.79. The molecule has 0 bridgehead atoms.